The Hall–Kier alpha value is -1.99. The molecule has 0 aromatic heterocycles. The van der Waals surface area contributed by atoms with Crippen molar-refractivity contribution in [1.29, 1.82) is 0 Å². The van der Waals surface area contributed by atoms with Crippen LogP contribution in [-0.2, 0) is 19.6 Å². The van der Waals surface area contributed by atoms with Gasteiger partial charge in [0.15, 0.2) is 5.78 Å². The summed E-state index contributed by atoms with van der Waals surface area (Å²) < 4.78 is 26.3. The third-order valence-electron chi connectivity index (χ3n) is 2.78. The van der Waals surface area contributed by atoms with Gasteiger partial charge in [-0.2, -0.15) is 0 Å². The molecule has 7 heteroatoms. The number of hydrogen-bond donors (Lipinski definition) is 1. The Morgan fingerprint density at radius 2 is 1.85 bits per heavy atom. The minimum Gasteiger partial charge on any atom is -0.317 e. The van der Waals surface area contributed by atoms with E-state index in [0.717, 1.165) is 0 Å². The predicted molar refractivity (Wildman–Crippen MR) is 72.1 cm³/mol. The first-order valence-corrected chi connectivity index (χ1v) is 7.52. The van der Waals surface area contributed by atoms with Crippen LogP contribution in [0.1, 0.15) is 6.42 Å². The molecule has 1 N–H and O–H groups in total. The molecule has 0 spiro atoms. The van der Waals surface area contributed by atoms with E-state index in [4.69, 9.17) is 0 Å². The van der Waals surface area contributed by atoms with E-state index in [-0.39, 0.29) is 36.1 Å². The number of nitrogens with one attached hydrogen (secondary N) is 1. The zero-order chi connectivity index (χ0) is 14.6. The fraction of sp³-hybridized carbons (Fsp3) is 0.231. The fourth-order valence-corrected chi connectivity index (χ4v) is 2.79. The Labute approximate surface area is 117 Å². The quantitative estimate of drug-likeness (QED) is 0.791. The maximum absolute atomic E-state index is 11.9. The molecule has 0 saturated carbocycles. The molecular formula is C13H14N2O4S. The second-order valence-corrected chi connectivity index (χ2v) is 6.02. The molecule has 20 heavy (non-hydrogen) atoms. The van der Waals surface area contributed by atoms with Gasteiger partial charge in [-0.05, 0) is 18.2 Å². The highest BCUT2D eigenvalue weighted by Gasteiger charge is 2.19. The average molecular weight is 294 g/mol. The second-order valence-electron chi connectivity index (χ2n) is 4.26. The van der Waals surface area contributed by atoms with Crippen LogP contribution >= 0.6 is 0 Å². The molecular weight excluding hydrogens is 280 g/mol. The van der Waals surface area contributed by atoms with E-state index < -0.39 is 10.0 Å². The first-order chi connectivity index (χ1) is 9.49. The Morgan fingerprint density at radius 3 is 2.50 bits per heavy atom. The summed E-state index contributed by atoms with van der Waals surface area (Å²) in [5, 5.41) is 0. The molecule has 0 bridgehead atoms. The van der Waals surface area contributed by atoms with Crippen molar-refractivity contribution >= 4 is 21.7 Å². The van der Waals surface area contributed by atoms with E-state index in [0.29, 0.717) is 0 Å². The lowest BCUT2D eigenvalue weighted by molar-refractivity contribution is -0.133. The molecule has 0 saturated heterocycles. The van der Waals surface area contributed by atoms with Gasteiger partial charge >= 0.3 is 0 Å². The zero-order valence-electron chi connectivity index (χ0n) is 10.7. The smallest absolute Gasteiger partial charge is 0.240 e. The highest BCUT2D eigenvalue weighted by molar-refractivity contribution is 7.89. The summed E-state index contributed by atoms with van der Waals surface area (Å²) in [5.41, 5.74) is 0. The van der Waals surface area contributed by atoms with Crippen molar-refractivity contribution in [2.45, 2.75) is 11.3 Å². The second kappa shape index (κ2) is 5.98. The number of benzene rings is 1. The molecule has 1 aromatic carbocycles. The molecule has 6 nitrogen and oxygen atoms in total. The minimum absolute atomic E-state index is 0.0848. The molecule has 1 amide bonds. The number of amides is 1. The summed E-state index contributed by atoms with van der Waals surface area (Å²) in [6.07, 6.45) is 2.53. The van der Waals surface area contributed by atoms with E-state index in [1.54, 1.807) is 18.2 Å². The van der Waals surface area contributed by atoms with E-state index in [2.05, 4.69) is 4.72 Å². The van der Waals surface area contributed by atoms with Gasteiger partial charge in [0.25, 0.3) is 0 Å². The molecule has 0 aliphatic carbocycles. The molecule has 1 aliphatic rings. The van der Waals surface area contributed by atoms with Gasteiger partial charge in [-0.1, -0.05) is 18.2 Å². The molecule has 0 fully saturated rings. The van der Waals surface area contributed by atoms with Crippen LogP contribution in [0.25, 0.3) is 0 Å². The Balaban J connectivity index is 1.92. The first-order valence-electron chi connectivity index (χ1n) is 6.04. The monoisotopic (exact) mass is 294 g/mol. The minimum atomic E-state index is -3.57. The lowest BCUT2D eigenvalue weighted by Gasteiger charge is -2.20. The summed E-state index contributed by atoms with van der Waals surface area (Å²) in [6.45, 7) is 0.274. The average Bonchev–Trinajstić information content (AvgIpc) is 2.42. The Kier molecular flexibility index (Phi) is 4.31. The van der Waals surface area contributed by atoms with Crippen LogP contribution in [0.2, 0.25) is 0 Å². The summed E-state index contributed by atoms with van der Waals surface area (Å²) in [5.74, 6) is -0.562. The molecule has 0 atom stereocenters. The first kappa shape index (κ1) is 14.4. The number of ketones is 1. The van der Waals surface area contributed by atoms with Crippen LogP contribution < -0.4 is 4.72 Å². The number of allylic oxidation sites excluding steroid dienone is 1. The van der Waals surface area contributed by atoms with Crippen molar-refractivity contribution in [3.05, 3.63) is 42.6 Å². The summed E-state index contributed by atoms with van der Waals surface area (Å²) in [4.78, 5) is 24.0. The topological polar surface area (TPSA) is 83.6 Å². The number of nitrogens with zero attached hydrogens (tertiary/aromatic N) is 1. The molecule has 2 rings (SSSR count). The predicted octanol–water partition coefficient (Wildman–Crippen LogP) is 0.280. The maximum Gasteiger partial charge on any atom is 0.240 e. The molecule has 0 radical (unpaired) electrons. The lowest BCUT2D eigenvalue weighted by atomic mass is 10.2. The largest absolute Gasteiger partial charge is 0.317 e. The van der Waals surface area contributed by atoms with Crippen LogP contribution in [0.3, 0.4) is 0 Å². The Morgan fingerprint density at radius 1 is 1.15 bits per heavy atom. The van der Waals surface area contributed by atoms with Crippen molar-refractivity contribution in [3.63, 3.8) is 0 Å². The molecule has 0 unspecified atom stereocenters. The van der Waals surface area contributed by atoms with Gasteiger partial charge in [0, 0.05) is 19.3 Å². The number of rotatable bonds is 5. The lowest BCUT2D eigenvalue weighted by Crippen LogP contribution is -2.37. The van der Waals surface area contributed by atoms with Gasteiger partial charge in [0.2, 0.25) is 15.9 Å². The maximum atomic E-state index is 11.9. The summed E-state index contributed by atoms with van der Waals surface area (Å²) >= 11 is 0. The number of carbonyl (C=O) groups is 2. The highest BCUT2D eigenvalue weighted by Crippen LogP contribution is 2.07. The van der Waals surface area contributed by atoms with Crippen LogP contribution in [0, 0.1) is 0 Å². The normalized spacial score (nSPS) is 15.7. The van der Waals surface area contributed by atoms with Gasteiger partial charge in [-0.25, -0.2) is 13.1 Å². The third kappa shape index (κ3) is 3.52. The molecule has 106 valence electrons. The van der Waals surface area contributed by atoms with Gasteiger partial charge < -0.3 is 4.90 Å². The SMILES string of the molecule is O=C1C=CN(CCNS(=O)(=O)c2ccccc2)C(=O)C1. The highest BCUT2D eigenvalue weighted by atomic mass is 32.2. The van der Waals surface area contributed by atoms with E-state index in [1.807, 2.05) is 0 Å². The fourth-order valence-electron chi connectivity index (χ4n) is 1.75. The van der Waals surface area contributed by atoms with E-state index in [1.165, 1.54) is 29.3 Å². The summed E-state index contributed by atoms with van der Waals surface area (Å²) in [7, 11) is -3.57. The van der Waals surface area contributed by atoms with E-state index in [9.17, 15) is 18.0 Å². The van der Waals surface area contributed by atoms with Crippen LogP contribution in [0.5, 0.6) is 0 Å². The number of hydrogen-bond acceptors (Lipinski definition) is 4. The van der Waals surface area contributed by atoms with Gasteiger partial charge in [0.05, 0.1) is 11.3 Å². The van der Waals surface area contributed by atoms with Crippen LogP contribution in [0.4, 0.5) is 0 Å². The standard InChI is InChI=1S/C13H14N2O4S/c16-11-6-8-15(13(17)10-11)9-7-14-20(18,19)12-4-2-1-3-5-12/h1-6,8,14H,7,9-10H2. The Bertz CT molecular complexity index is 638. The van der Waals surface area contributed by atoms with Crippen molar-refractivity contribution in [1.82, 2.24) is 9.62 Å². The number of sulfonamides is 1. The number of carbonyl (C=O) groups excluding carboxylic acids is 2. The van der Waals surface area contributed by atoms with Crippen molar-refractivity contribution in [2.75, 3.05) is 13.1 Å². The molecule has 1 aliphatic heterocycles. The molecule has 1 heterocycles. The van der Waals surface area contributed by atoms with Crippen LogP contribution in [0.15, 0.2) is 47.5 Å². The van der Waals surface area contributed by atoms with Gasteiger partial charge in [0.1, 0.15) is 0 Å². The van der Waals surface area contributed by atoms with Crippen molar-refractivity contribution in [2.24, 2.45) is 0 Å². The zero-order valence-corrected chi connectivity index (χ0v) is 11.5. The van der Waals surface area contributed by atoms with Gasteiger partial charge in [-0.3, -0.25) is 9.59 Å². The van der Waals surface area contributed by atoms with Gasteiger partial charge in [-0.15, -0.1) is 0 Å². The van der Waals surface area contributed by atoms with Crippen molar-refractivity contribution in [3.8, 4) is 0 Å². The van der Waals surface area contributed by atoms with Crippen molar-refractivity contribution < 1.29 is 18.0 Å². The van der Waals surface area contributed by atoms with E-state index >= 15 is 0 Å². The molecule has 1 aromatic rings. The summed E-state index contributed by atoms with van der Waals surface area (Å²) in [6, 6.07) is 7.99. The van der Waals surface area contributed by atoms with Crippen LogP contribution in [-0.4, -0.2) is 38.1 Å². The third-order valence-corrected chi connectivity index (χ3v) is 4.26.